The molecule has 194 valence electrons. The number of amides is 1. The second-order valence-electron chi connectivity index (χ2n) is 9.09. The van der Waals surface area contributed by atoms with Gasteiger partial charge in [-0.15, -0.1) is 5.10 Å². The van der Waals surface area contributed by atoms with E-state index in [1.807, 2.05) is 12.1 Å². The van der Waals surface area contributed by atoms with Crippen molar-refractivity contribution in [2.24, 2.45) is 5.92 Å². The van der Waals surface area contributed by atoms with E-state index in [1.165, 1.54) is 23.2 Å². The van der Waals surface area contributed by atoms with Gasteiger partial charge in [0.2, 0.25) is 0 Å². The molecule has 38 heavy (non-hydrogen) atoms. The number of hydrogen-bond donors (Lipinski definition) is 3. The third kappa shape index (κ3) is 5.90. The zero-order valence-electron chi connectivity index (χ0n) is 20.2. The largest absolute Gasteiger partial charge is 0.366 e. The van der Waals surface area contributed by atoms with E-state index in [1.54, 1.807) is 18.2 Å². The minimum absolute atomic E-state index is 0.000416. The summed E-state index contributed by atoms with van der Waals surface area (Å²) in [4.78, 5) is 33.3. The van der Waals surface area contributed by atoms with Gasteiger partial charge in [0.05, 0.1) is 24.4 Å². The molecule has 0 spiro atoms. The third-order valence-corrected chi connectivity index (χ3v) is 6.58. The van der Waals surface area contributed by atoms with Crippen LogP contribution in [-0.2, 0) is 4.79 Å². The highest BCUT2D eigenvalue weighted by atomic mass is 35.5. The van der Waals surface area contributed by atoms with Crippen LogP contribution in [0.5, 0.6) is 0 Å². The summed E-state index contributed by atoms with van der Waals surface area (Å²) >= 11 is 5.95. The van der Waals surface area contributed by atoms with E-state index in [0.717, 1.165) is 25.7 Å². The summed E-state index contributed by atoms with van der Waals surface area (Å²) in [5.74, 6) is 0.900. The van der Waals surface area contributed by atoms with Gasteiger partial charge in [-0.2, -0.15) is 5.26 Å². The van der Waals surface area contributed by atoms with Crippen LogP contribution in [0.1, 0.15) is 49.0 Å². The number of ketones is 1. The lowest BCUT2D eigenvalue weighted by atomic mass is 9.83. The molecule has 4 aromatic rings. The van der Waals surface area contributed by atoms with Crippen molar-refractivity contribution in [3.63, 3.8) is 0 Å². The van der Waals surface area contributed by atoms with Crippen molar-refractivity contribution < 1.29 is 14.1 Å². The Bertz CT molecular complexity index is 1490. The summed E-state index contributed by atoms with van der Waals surface area (Å²) in [5, 5.41) is 27.0. The molecule has 13 heteroatoms. The van der Waals surface area contributed by atoms with Gasteiger partial charge in [-0.25, -0.2) is 14.5 Å². The molecule has 12 nitrogen and oxygen atoms in total. The summed E-state index contributed by atoms with van der Waals surface area (Å²) in [5.41, 5.74) is 1.72. The Kier molecular flexibility index (Phi) is 7.46. The number of nitriles is 1. The molecule has 5 rings (SSSR count). The molecule has 0 aliphatic heterocycles. The number of nitrogens with zero attached hydrogens (tertiary/aromatic N) is 6. The second-order valence-corrected chi connectivity index (χ2v) is 9.48. The lowest BCUT2D eigenvalue weighted by molar-refractivity contribution is -0.119. The lowest BCUT2D eigenvalue weighted by Gasteiger charge is -2.29. The van der Waals surface area contributed by atoms with Crippen LogP contribution in [0.4, 0.5) is 23.0 Å². The van der Waals surface area contributed by atoms with Crippen molar-refractivity contribution in [2.75, 3.05) is 16.0 Å². The minimum Gasteiger partial charge on any atom is -0.366 e. The number of carbonyl (C=O) groups is 2. The van der Waals surface area contributed by atoms with Gasteiger partial charge in [0.1, 0.15) is 23.0 Å². The first-order valence-corrected chi connectivity index (χ1v) is 12.5. The van der Waals surface area contributed by atoms with Crippen molar-refractivity contribution >= 4 is 51.9 Å². The first-order chi connectivity index (χ1) is 18.5. The topological polar surface area (TPSA) is 163 Å². The molecule has 1 amide bonds. The number of anilines is 4. The maximum Gasteiger partial charge on any atom is 0.276 e. The van der Waals surface area contributed by atoms with Crippen LogP contribution in [0.2, 0.25) is 5.15 Å². The number of rotatable bonds is 9. The average Bonchev–Trinajstić information content (AvgIpc) is 3.56. The first-order valence-electron chi connectivity index (χ1n) is 12.1. The van der Waals surface area contributed by atoms with Crippen molar-refractivity contribution in [3.05, 3.63) is 53.8 Å². The Hall–Kier alpha value is -4.50. The highest BCUT2D eigenvalue weighted by Crippen LogP contribution is 2.30. The molecule has 0 unspecified atom stereocenters. The van der Waals surface area contributed by atoms with Gasteiger partial charge >= 0.3 is 0 Å². The summed E-state index contributed by atoms with van der Waals surface area (Å²) in [6.45, 7) is 0. The normalized spacial score (nSPS) is 17.1. The molecule has 4 aromatic heterocycles. The van der Waals surface area contributed by atoms with Crippen LogP contribution in [-0.4, -0.2) is 42.5 Å². The smallest absolute Gasteiger partial charge is 0.276 e. The first kappa shape index (κ1) is 25.2. The molecule has 0 saturated heterocycles. The molecule has 0 bridgehead atoms. The molecular formula is C25H24ClN9O3. The fraction of sp³-hybridized carbons (Fsp3) is 0.320. The predicted molar refractivity (Wildman–Crippen MR) is 139 cm³/mol. The Labute approximate surface area is 222 Å². The number of nitrogens with one attached hydrogen (secondary N) is 3. The van der Waals surface area contributed by atoms with E-state index in [2.05, 4.69) is 36.2 Å². The van der Waals surface area contributed by atoms with Crippen LogP contribution < -0.4 is 16.0 Å². The molecule has 0 atom stereocenters. The van der Waals surface area contributed by atoms with Gasteiger partial charge in [0, 0.05) is 36.5 Å². The summed E-state index contributed by atoms with van der Waals surface area (Å²) < 4.78 is 6.40. The van der Waals surface area contributed by atoms with Gasteiger partial charge < -0.3 is 20.5 Å². The second kappa shape index (κ2) is 11.3. The van der Waals surface area contributed by atoms with E-state index < -0.39 is 5.91 Å². The highest BCUT2D eigenvalue weighted by molar-refractivity contribution is 6.29. The molecule has 3 N–H and O–H groups in total. The number of hydrogen-bond acceptors (Lipinski definition) is 10. The number of halogens is 1. The van der Waals surface area contributed by atoms with Gasteiger partial charge in [-0.05, 0) is 43.7 Å². The molecule has 0 radical (unpaired) electrons. The highest BCUT2D eigenvalue weighted by Gasteiger charge is 2.24. The zero-order chi connectivity index (χ0) is 26.5. The van der Waals surface area contributed by atoms with Gasteiger partial charge in [-0.1, -0.05) is 16.8 Å². The maximum atomic E-state index is 13.1. The zero-order valence-corrected chi connectivity index (χ0v) is 21.0. The van der Waals surface area contributed by atoms with Crippen molar-refractivity contribution in [1.82, 2.24) is 24.7 Å². The van der Waals surface area contributed by atoms with Gasteiger partial charge in [0.15, 0.2) is 17.2 Å². The fourth-order valence-electron chi connectivity index (χ4n) is 4.58. The average molecular weight is 534 g/mol. The fourth-order valence-corrected chi connectivity index (χ4v) is 4.75. The van der Waals surface area contributed by atoms with E-state index in [4.69, 9.17) is 21.4 Å². The number of imidazole rings is 1. The minimum atomic E-state index is -0.417. The molecular weight excluding hydrogens is 510 g/mol. The molecule has 1 fully saturated rings. The number of Topliss-reactive ketones (excluding diaryl/α,β-unsaturated/α-hetero) is 1. The standard InChI is InChI=1S/C25H24ClN9O3/c26-21-12-17(6-9-28-21)31-25(37)20-14-29-24-19(32-22-7-10-38-34-22)13-23(33-35(20)24)30-16-3-1-15(2-4-16)11-18(36)5-8-27/h6-7,9-10,12-16H,1-5,11H2,(H,30,33)(H,32,34)(H,28,31,37). The number of fused-ring (bicyclic) bond motifs is 1. The van der Waals surface area contributed by atoms with E-state index in [9.17, 15) is 9.59 Å². The van der Waals surface area contributed by atoms with Crippen LogP contribution >= 0.6 is 11.6 Å². The molecule has 1 saturated carbocycles. The predicted octanol–water partition coefficient (Wildman–Crippen LogP) is 4.61. The van der Waals surface area contributed by atoms with E-state index in [-0.39, 0.29) is 29.1 Å². The van der Waals surface area contributed by atoms with E-state index in [0.29, 0.717) is 41.0 Å². The number of aromatic nitrogens is 5. The summed E-state index contributed by atoms with van der Waals surface area (Å²) in [6, 6.07) is 8.73. The van der Waals surface area contributed by atoms with Crippen LogP contribution in [0.15, 0.2) is 47.4 Å². The molecule has 1 aliphatic rings. The quantitative estimate of drug-likeness (QED) is 0.259. The van der Waals surface area contributed by atoms with Crippen LogP contribution in [0.3, 0.4) is 0 Å². The maximum absolute atomic E-state index is 13.1. The third-order valence-electron chi connectivity index (χ3n) is 6.38. The molecule has 0 aromatic carbocycles. The Morgan fingerprint density at radius 2 is 2.00 bits per heavy atom. The summed E-state index contributed by atoms with van der Waals surface area (Å²) in [6.07, 6.45) is 8.30. The number of carbonyl (C=O) groups excluding carboxylic acids is 2. The monoisotopic (exact) mass is 533 g/mol. The van der Waals surface area contributed by atoms with Gasteiger partial charge in [0.25, 0.3) is 5.91 Å². The Balaban J connectivity index is 1.37. The molecule has 1 aliphatic carbocycles. The van der Waals surface area contributed by atoms with Crippen molar-refractivity contribution in [3.8, 4) is 6.07 Å². The Morgan fingerprint density at radius 3 is 2.74 bits per heavy atom. The van der Waals surface area contributed by atoms with E-state index >= 15 is 0 Å². The SMILES string of the molecule is N#CCC(=O)CC1CCC(Nc2cc(Nc3ccon3)c3ncc(C(=O)Nc4ccnc(Cl)c4)n3n2)CC1. The van der Waals surface area contributed by atoms with Crippen molar-refractivity contribution in [2.45, 2.75) is 44.6 Å². The summed E-state index contributed by atoms with van der Waals surface area (Å²) in [7, 11) is 0. The van der Waals surface area contributed by atoms with Crippen LogP contribution in [0, 0.1) is 17.2 Å². The Morgan fingerprint density at radius 1 is 1.16 bits per heavy atom. The number of pyridine rings is 1. The molecule has 4 heterocycles. The van der Waals surface area contributed by atoms with Crippen LogP contribution in [0.25, 0.3) is 5.65 Å². The van der Waals surface area contributed by atoms with Crippen molar-refractivity contribution in [1.29, 1.82) is 5.26 Å². The lowest BCUT2D eigenvalue weighted by Crippen LogP contribution is -2.28. The van der Waals surface area contributed by atoms with Gasteiger partial charge in [-0.3, -0.25) is 9.59 Å².